The van der Waals surface area contributed by atoms with E-state index >= 15 is 0 Å². The van der Waals surface area contributed by atoms with Crippen LogP contribution in [0.5, 0.6) is 0 Å². The predicted molar refractivity (Wildman–Crippen MR) is 71.5 cm³/mol. The van der Waals surface area contributed by atoms with Crippen LogP contribution in [0.3, 0.4) is 0 Å². The minimum Gasteiger partial charge on any atom is -0.264 e. The standard InChI is InChI=1S/C14H13NS/c1-14(2)6-3-10-11-9-15-8-5-13(11)16-12(10)4-7-14/h3-9H,1-2H3. The Hall–Kier alpha value is -1.41. The van der Waals surface area contributed by atoms with E-state index in [2.05, 4.69) is 49.2 Å². The molecule has 3 rings (SSSR count). The van der Waals surface area contributed by atoms with E-state index < -0.39 is 0 Å². The van der Waals surface area contributed by atoms with Gasteiger partial charge >= 0.3 is 0 Å². The Morgan fingerprint density at radius 3 is 2.88 bits per heavy atom. The highest BCUT2D eigenvalue weighted by molar-refractivity contribution is 7.20. The zero-order valence-corrected chi connectivity index (χ0v) is 10.2. The normalized spacial score (nSPS) is 17.4. The number of hydrogen-bond acceptors (Lipinski definition) is 2. The molecule has 0 radical (unpaired) electrons. The Bertz CT molecular complexity index is 602. The van der Waals surface area contributed by atoms with Crippen molar-refractivity contribution in [2.24, 2.45) is 5.41 Å². The van der Waals surface area contributed by atoms with Crippen LogP contribution in [0.1, 0.15) is 24.3 Å². The molecule has 0 bridgehead atoms. The van der Waals surface area contributed by atoms with Crippen LogP contribution in [0, 0.1) is 5.41 Å². The summed E-state index contributed by atoms with van der Waals surface area (Å²) in [6, 6.07) is 2.08. The molecule has 1 aliphatic rings. The highest BCUT2D eigenvalue weighted by Gasteiger charge is 2.15. The molecule has 0 aliphatic heterocycles. The molecule has 0 saturated heterocycles. The van der Waals surface area contributed by atoms with Gasteiger partial charge in [-0.25, -0.2) is 0 Å². The summed E-state index contributed by atoms with van der Waals surface area (Å²) in [5.74, 6) is 0. The minimum atomic E-state index is 0.146. The summed E-state index contributed by atoms with van der Waals surface area (Å²) in [6.45, 7) is 4.44. The van der Waals surface area contributed by atoms with Gasteiger partial charge in [-0.1, -0.05) is 32.1 Å². The monoisotopic (exact) mass is 227 g/mol. The molecule has 2 heterocycles. The van der Waals surface area contributed by atoms with Crippen LogP contribution >= 0.6 is 11.3 Å². The van der Waals surface area contributed by atoms with Gasteiger partial charge in [-0.05, 0) is 12.1 Å². The van der Waals surface area contributed by atoms with Crippen LogP contribution in [-0.4, -0.2) is 4.98 Å². The molecule has 0 fully saturated rings. The van der Waals surface area contributed by atoms with Crippen LogP contribution in [0.4, 0.5) is 0 Å². The minimum absolute atomic E-state index is 0.146. The molecule has 0 amide bonds. The van der Waals surface area contributed by atoms with Gasteiger partial charge in [-0.2, -0.15) is 0 Å². The third kappa shape index (κ3) is 1.50. The molecule has 0 unspecified atom stereocenters. The molecule has 1 nitrogen and oxygen atoms in total. The fraction of sp³-hybridized carbons (Fsp3) is 0.214. The molecule has 80 valence electrons. The molecule has 0 aromatic carbocycles. The van der Waals surface area contributed by atoms with Crippen molar-refractivity contribution in [1.29, 1.82) is 0 Å². The van der Waals surface area contributed by atoms with Gasteiger partial charge in [0, 0.05) is 38.3 Å². The number of nitrogens with zero attached hydrogens (tertiary/aromatic N) is 1. The fourth-order valence-corrected chi connectivity index (χ4v) is 2.98. The van der Waals surface area contributed by atoms with Crippen LogP contribution in [0.2, 0.25) is 0 Å². The van der Waals surface area contributed by atoms with Gasteiger partial charge in [-0.3, -0.25) is 4.98 Å². The van der Waals surface area contributed by atoms with E-state index in [-0.39, 0.29) is 5.41 Å². The van der Waals surface area contributed by atoms with E-state index in [1.807, 2.05) is 23.7 Å². The summed E-state index contributed by atoms with van der Waals surface area (Å²) in [5, 5.41) is 1.26. The highest BCUT2D eigenvalue weighted by Crippen LogP contribution is 2.36. The third-order valence-corrected chi connectivity index (χ3v) is 4.05. The maximum atomic E-state index is 4.21. The Morgan fingerprint density at radius 2 is 2.00 bits per heavy atom. The van der Waals surface area contributed by atoms with Gasteiger partial charge in [0.15, 0.2) is 0 Å². The molecule has 2 aromatic rings. The van der Waals surface area contributed by atoms with Crippen molar-refractivity contribution in [1.82, 2.24) is 4.98 Å². The predicted octanol–water partition coefficient (Wildman–Crippen LogP) is 4.36. The van der Waals surface area contributed by atoms with Crippen LogP contribution in [-0.2, 0) is 0 Å². The van der Waals surface area contributed by atoms with Gasteiger partial charge in [0.25, 0.3) is 0 Å². The third-order valence-electron chi connectivity index (χ3n) is 2.90. The quantitative estimate of drug-likeness (QED) is 0.651. The van der Waals surface area contributed by atoms with E-state index in [9.17, 15) is 0 Å². The first-order valence-electron chi connectivity index (χ1n) is 5.41. The molecular formula is C14H13NS. The number of rotatable bonds is 0. The average molecular weight is 227 g/mol. The number of pyridine rings is 1. The van der Waals surface area contributed by atoms with Crippen molar-refractivity contribution < 1.29 is 0 Å². The molecule has 0 spiro atoms. The zero-order chi connectivity index (χ0) is 11.2. The van der Waals surface area contributed by atoms with E-state index in [1.54, 1.807) is 0 Å². The lowest BCUT2D eigenvalue weighted by Crippen LogP contribution is -2.00. The van der Waals surface area contributed by atoms with Crippen molar-refractivity contribution in [3.63, 3.8) is 0 Å². The van der Waals surface area contributed by atoms with E-state index in [1.165, 1.54) is 20.5 Å². The Morgan fingerprint density at radius 1 is 1.19 bits per heavy atom. The van der Waals surface area contributed by atoms with Crippen molar-refractivity contribution in [2.75, 3.05) is 0 Å². The summed E-state index contributed by atoms with van der Waals surface area (Å²) >= 11 is 1.84. The Kier molecular flexibility index (Phi) is 2.01. The first kappa shape index (κ1) is 9.79. The van der Waals surface area contributed by atoms with Crippen molar-refractivity contribution in [3.8, 4) is 0 Å². The van der Waals surface area contributed by atoms with Crippen molar-refractivity contribution in [2.45, 2.75) is 13.8 Å². The molecule has 0 saturated carbocycles. The largest absolute Gasteiger partial charge is 0.264 e. The summed E-state index contributed by atoms with van der Waals surface area (Å²) < 4.78 is 1.31. The zero-order valence-electron chi connectivity index (χ0n) is 9.40. The van der Waals surface area contributed by atoms with E-state index in [0.29, 0.717) is 0 Å². The maximum absolute atomic E-state index is 4.21. The number of aromatic nitrogens is 1. The topological polar surface area (TPSA) is 12.9 Å². The number of thiophene rings is 1. The molecule has 0 N–H and O–H groups in total. The lowest BCUT2D eigenvalue weighted by Gasteiger charge is -2.12. The van der Waals surface area contributed by atoms with Crippen LogP contribution < -0.4 is 0 Å². The van der Waals surface area contributed by atoms with Gasteiger partial charge in [-0.15, -0.1) is 11.3 Å². The summed E-state index contributed by atoms with van der Waals surface area (Å²) in [6.07, 6.45) is 12.8. The number of hydrogen-bond donors (Lipinski definition) is 0. The lowest BCUT2D eigenvalue weighted by atomic mass is 9.93. The first-order valence-corrected chi connectivity index (χ1v) is 6.22. The molecule has 2 heteroatoms. The number of allylic oxidation sites excluding steroid dienone is 2. The second kappa shape index (κ2) is 3.29. The van der Waals surface area contributed by atoms with Gasteiger partial charge in [0.2, 0.25) is 0 Å². The molecule has 2 aromatic heterocycles. The van der Waals surface area contributed by atoms with Crippen LogP contribution in [0.15, 0.2) is 30.6 Å². The van der Waals surface area contributed by atoms with Gasteiger partial charge in [0.05, 0.1) is 0 Å². The van der Waals surface area contributed by atoms with E-state index in [0.717, 1.165) is 0 Å². The summed E-state index contributed by atoms with van der Waals surface area (Å²) in [4.78, 5) is 5.55. The fourth-order valence-electron chi connectivity index (χ4n) is 1.92. The van der Waals surface area contributed by atoms with Crippen LogP contribution in [0.25, 0.3) is 22.2 Å². The highest BCUT2D eigenvalue weighted by atomic mass is 32.1. The van der Waals surface area contributed by atoms with Crippen molar-refractivity contribution >= 4 is 33.6 Å². The Labute approximate surface area is 99.1 Å². The van der Waals surface area contributed by atoms with Gasteiger partial charge < -0.3 is 0 Å². The second-order valence-electron chi connectivity index (χ2n) is 4.74. The second-order valence-corrected chi connectivity index (χ2v) is 5.82. The first-order chi connectivity index (χ1) is 7.66. The maximum Gasteiger partial charge on any atom is 0.0386 e. The van der Waals surface area contributed by atoms with Gasteiger partial charge in [0.1, 0.15) is 0 Å². The lowest BCUT2D eigenvalue weighted by molar-refractivity contribution is 0.633. The molecular weight excluding hydrogens is 214 g/mol. The smallest absolute Gasteiger partial charge is 0.0386 e. The molecule has 16 heavy (non-hydrogen) atoms. The summed E-state index contributed by atoms with van der Waals surface area (Å²) in [5.41, 5.74) is 1.46. The van der Waals surface area contributed by atoms with E-state index in [4.69, 9.17) is 0 Å². The molecule has 1 aliphatic carbocycles. The molecule has 0 atom stereocenters. The number of fused-ring (bicyclic) bond motifs is 3. The summed E-state index contributed by atoms with van der Waals surface area (Å²) in [7, 11) is 0. The Balaban J connectivity index is 2.30. The van der Waals surface area contributed by atoms with Crippen molar-refractivity contribution in [3.05, 3.63) is 41.1 Å². The average Bonchev–Trinajstić information content (AvgIpc) is 2.54. The SMILES string of the molecule is CC1(C)C=Cc2sc3ccncc3c2C=C1.